The molecule has 4 heteroatoms. The van der Waals surface area contributed by atoms with Crippen LogP contribution in [0.15, 0.2) is 49.1 Å². The molecule has 0 heterocycles. The van der Waals surface area contributed by atoms with Gasteiger partial charge in [-0.25, -0.2) is 4.79 Å². The maximum atomic E-state index is 12.5. The molecule has 4 nitrogen and oxygen atoms in total. The zero-order valence-corrected chi connectivity index (χ0v) is 12.3. The third-order valence-electron chi connectivity index (χ3n) is 4.12. The minimum atomic E-state index is -0.981. The maximum absolute atomic E-state index is 12.5. The molecule has 2 aliphatic carbocycles. The highest BCUT2D eigenvalue weighted by Gasteiger charge is 2.33. The topological polar surface area (TPSA) is 71.4 Å². The Morgan fingerprint density at radius 2 is 1.57 bits per heavy atom. The summed E-state index contributed by atoms with van der Waals surface area (Å²) in [5.74, 6) is -0.989. The highest BCUT2D eigenvalue weighted by molar-refractivity contribution is 6.29. The van der Waals surface area contributed by atoms with Gasteiger partial charge in [0.05, 0.1) is 0 Å². The molecule has 2 aromatic rings. The van der Waals surface area contributed by atoms with Gasteiger partial charge in [0.15, 0.2) is 11.6 Å². The Bertz CT molecular complexity index is 862. The number of hydrogen-bond donors (Lipinski definition) is 1. The van der Waals surface area contributed by atoms with Crippen molar-refractivity contribution in [1.82, 2.24) is 0 Å². The molecule has 23 heavy (non-hydrogen) atoms. The van der Waals surface area contributed by atoms with Crippen molar-refractivity contribution in [2.45, 2.75) is 12.8 Å². The number of aryl methyl sites for hydroxylation is 1. The first kappa shape index (κ1) is 14.9. The summed E-state index contributed by atoms with van der Waals surface area (Å²) in [7, 11) is 0. The van der Waals surface area contributed by atoms with Crippen LogP contribution < -0.4 is 0 Å². The Morgan fingerprint density at radius 3 is 2.09 bits per heavy atom. The Labute approximate surface area is 133 Å². The van der Waals surface area contributed by atoms with Gasteiger partial charge in [-0.3, -0.25) is 9.59 Å². The number of carboxylic acid groups (broad SMARTS) is 1. The van der Waals surface area contributed by atoms with Gasteiger partial charge in [0.2, 0.25) is 0 Å². The predicted octanol–water partition coefficient (Wildman–Crippen LogP) is 2.82. The number of carbonyl (C=O) groups is 3. The number of aliphatic carboxylic acids is 1. The van der Waals surface area contributed by atoms with Gasteiger partial charge in [0, 0.05) is 28.3 Å². The fourth-order valence-electron chi connectivity index (χ4n) is 2.90. The number of hydrogen-bond acceptors (Lipinski definition) is 3. The van der Waals surface area contributed by atoms with Crippen molar-refractivity contribution < 1.29 is 19.5 Å². The van der Waals surface area contributed by atoms with Crippen LogP contribution in [-0.2, 0) is 17.6 Å². The van der Waals surface area contributed by atoms with Crippen molar-refractivity contribution in [3.63, 3.8) is 0 Å². The lowest BCUT2D eigenvalue weighted by Crippen LogP contribution is -2.26. The van der Waals surface area contributed by atoms with Crippen LogP contribution in [0.3, 0.4) is 0 Å². The van der Waals surface area contributed by atoms with E-state index in [-0.39, 0.29) is 11.6 Å². The van der Waals surface area contributed by atoms with Crippen molar-refractivity contribution in [3.05, 3.63) is 82.4 Å². The molecule has 4 rings (SSSR count). The van der Waals surface area contributed by atoms with Crippen LogP contribution in [0, 0.1) is 0 Å². The summed E-state index contributed by atoms with van der Waals surface area (Å²) < 4.78 is 0. The molecule has 114 valence electrons. The minimum absolute atomic E-state index is 0.0109. The van der Waals surface area contributed by atoms with E-state index in [9.17, 15) is 14.4 Å². The quantitative estimate of drug-likeness (QED) is 0.702. The first-order chi connectivity index (χ1) is 11.0. The molecule has 0 saturated heterocycles. The predicted molar refractivity (Wildman–Crippen MR) is 85.0 cm³/mol. The van der Waals surface area contributed by atoms with E-state index in [2.05, 4.69) is 6.58 Å². The third-order valence-corrected chi connectivity index (χ3v) is 4.12. The summed E-state index contributed by atoms with van der Waals surface area (Å²) in [5, 5.41) is 7.60. The van der Waals surface area contributed by atoms with E-state index in [1.54, 1.807) is 18.2 Å². The molecule has 0 fully saturated rings. The minimum Gasteiger partial charge on any atom is -0.478 e. The fourth-order valence-corrected chi connectivity index (χ4v) is 2.90. The Kier molecular flexibility index (Phi) is 3.66. The molecule has 2 aliphatic rings. The van der Waals surface area contributed by atoms with E-state index in [1.807, 2.05) is 18.2 Å². The van der Waals surface area contributed by atoms with Gasteiger partial charge in [0.1, 0.15) is 0 Å². The summed E-state index contributed by atoms with van der Waals surface area (Å²) in [6, 6.07) is 10.9. The van der Waals surface area contributed by atoms with E-state index < -0.39 is 5.97 Å². The molecular weight excluding hydrogens is 292 g/mol. The van der Waals surface area contributed by atoms with Crippen molar-refractivity contribution >= 4 is 17.5 Å². The largest absolute Gasteiger partial charge is 0.478 e. The molecule has 0 spiro atoms. The van der Waals surface area contributed by atoms with Gasteiger partial charge >= 0.3 is 5.97 Å². The van der Waals surface area contributed by atoms with Gasteiger partial charge in [-0.2, -0.15) is 0 Å². The number of carboxylic acids is 1. The van der Waals surface area contributed by atoms with E-state index >= 15 is 0 Å². The summed E-state index contributed by atoms with van der Waals surface area (Å²) in [5.41, 5.74) is 4.62. The van der Waals surface area contributed by atoms with Crippen molar-refractivity contribution in [2.75, 3.05) is 0 Å². The first-order valence-corrected chi connectivity index (χ1v) is 7.23. The smallest absolute Gasteiger partial charge is 0.327 e. The summed E-state index contributed by atoms with van der Waals surface area (Å²) in [6.45, 7) is 2.96. The van der Waals surface area contributed by atoms with E-state index in [4.69, 9.17) is 5.11 Å². The molecule has 0 radical (unpaired) electrons. The second-order valence-corrected chi connectivity index (χ2v) is 5.37. The number of benzene rings is 2. The number of rotatable bonds is 1. The number of carbonyl (C=O) groups excluding carboxylic acids is 2. The summed E-state index contributed by atoms with van der Waals surface area (Å²) in [4.78, 5) is 34.1. The third kappa shape index (κ3) is 2.38. The van der Waals surface area contributed by atoms with Crippen LogP contribution in [0.1, 0.15) is 43.0 Å². The van der Waals surface area contributed by atoms with Gasteiger partial charge < -0.3 is 5.11 Å². The van der Waals surface area contributed by atoms with Crippen LogP contribution in [-0.4, -0.2) is 22.6 Å². The van der Waals surface area contributed by atoms with Gasteiger partial charge in [-0.15, -0.1) is 0 Å². The van der Waals surface area contributed by atoms with Crippen molar-refractivity contribution in [2.24, 2.45) is 0 Å². The first-order valence-electron chi connectivity index (χ1n) is 7.23. The van der Waals surface area contributed by atoms with Gasteiger partial charge in [0.25, 0.3) is 0 Å². The highest BCUT2D eigenvalue weighted by atomic mass is 16.4. The Morgan fingerprint density at radius 1 is 0.957 bits per heavy atom. The Hall–Kier alpha value is -3.01. The van der Waals surface area contributed by atoms with Gasteiger partial charge in [-0.1, -0.05) is 36.9 Å². The molecular formula is C19H14O4. The Balaban J connectivity index is 0.000000276. The molecule has 0 bridgehead atoms. The average Bonchev–Trinajstić information content (AvgIpc) is 2.53. The number of fused-ring (bicyclic) bond motifs is 4. The van der Waals surface area contributed by atoms with Crippen LogP contribution in [0.5, 0.6) is 0 Å². The second-order valence-electron chi connectivity index (χ2n) is 5.37. The second kappa shape index (κ2) is 5.65. The van der Waals surface area contributed by atoms with Crippen LogP contribution in [0.25, 0.3) is 0 Å². The molecule has 2 aromatic carbocycles. The van der Waals surface area contributed by atoms with Crippen molar-refractivity contribution in [3.8, 4) is 0 Å². The highest BCUT2D eigenvalue weighted by Crippen LogP contribution is 2.35. The molecule has 1 N–H and O–H groups in total. The lowest BCUT2D eigenvalue weighted by molar-refractivity contribution is -0.131. The molecule has 0 unspecified atom stereocenters. The lowest BCUT2D eigenvalue weighted by atomic mass is 9.75. The van der Waals surface area contributed by atoms with E-state index in [0.717, 1.165) is 24.5 Å². The maximum Gasteiger partial charge on any atom is 0.327 e. The molecule has 0 amide bonds. The molecule has 0 atom stereocenters. The molecule has 0 saturated carbocycles. The van der Waals surface area contributed by atoms with Gasteiger partial charge in [-0.05, 0) is 30.0 Å². The molecule has 0 aromatic heterocycles. The fraction of sp³-hybridized carbons (Fsp3) is 0.105. The standard InChI is InChI=1S/C16H10O2.C3H4O2/c17-15-11-3-1-2-4-12(11)16(18)14-10-7-5-9(10)6-8-13(14)15;1-2-3(4)5/h1-4,6,8H,5,7H2;2H,1H2,(H,4,5). The lowest BCUT2D eigenvalue weighted by Gasteiger charge is -2.27. The van der Waals surface area contributed by atoms with E-state index in [0.29, 0.717) is 22.3 Å². The summed E-state index contributed by atoms with van der Waals surface area (Å²) in [6.07, 6.45) is 2.77. The SMILES string of the molecule is C=CC(=O)O.O=C1c2ccccc2C(=O)c2c1ccc1c2CC1. The van der Waals surface area contributed by atoms with Crippen LogP contribution in [0.4, 0.5) is 0 Å². The number of ketones is 2. The molecule has 0 aliphatic heterocycles. The van der Waals surface area contributed by atoms with Crippen LogP contribution >= 0.6 is 0 Å². The normalized spacial score (nSPS) is 13.6. The monoisotopic (exact) mass is 306 g/mol. The van der Waals surface area contributed by atoms with Crippen molar-refractivity contribution in [1.29, 1.82) is 0 Å². The zero-order valence-electron chi connectivity index (χ0n) is 12.3. The average molecular weight is 306 g/mol. The zero-order chi connectivity index (χ0) is 16.6. The van der Waals surface area contributed by atoms with Crippen LogP contribution in [0.2, 0.25) is 0 Å². The summed E-state index contributed by atoms with van der Waals surface area (Å²) >= 11 is 0. The van der Waals surface area contributed by atoms with E-state index in [1.165, 1.54) is 5.56 Å².